The van der Waals surface area contributed by atoms with Crippen molar-refractivity contribution >= 4 is 0 Å². The van der Waals surface area contributed by atoms with Crippen LogP contribution in [0.3, 0.4) is 0 Å². The molecule has 68 valence electrons. The first-order valence-corrected chi connectivity index (χ1v) is 3.64. The van der Waals surface area contributed by atoms with Crippen molar-refractivity contribution in [2.75, 3.05) is 7.11 Å². The molecule has 0 aromatic heterocycles. The van der Waals surface area contributed by atoms with Gasteiger partial charge in [-0.3, -0.25) is 0 Å². The van der Waals surface area contributed by atoms with Crippen molar-refractivity contribution in [3.05, 3.63) is 29.3 Å². The van der Waals surface area contributed by atoms with Crippen molar-refractivity contribution in [1.29, 1.82) is 0 Å². The van der Waals surface area contributed by atoms with Crippen molar-refractivity contribution in [3.8, 4) is 18.1 Å². The van der Waals surface area contributed by atoms with Gasteiger partial charge in [-0.15, -0.1) is 12.3 Å². The quantitative estimate of drug-likeness (QED) is 0.637. The Hall–Kier alpha value is -1.56. The SMILES string of the molecule is C#CCc1cc(F)cc(F)c1OC. The molecule has 3 heteroatoms. The first kappa shape index (κ1) is 9.53. The van der Waals surface area contributed by atoms with Gasteiger partial charge < -0.3 is 4.74 Å². The molecule has 1 nitrogen and oxygen atoms in total. The molecule has 0 bridgehead atoms. The number of ether oxygens (including phenoxy) is 1. The van der Waals surface area contributed by atoms with E-state index in [9.17, 15) is 8.78 Å². The second kappa shape index (κ2) is 3.90. The second-order valence-corrected chi connectivity index (χ2v) is 2.46. The van der Waals surface area contributed by atoms with E-state index in [2.05, 4.69) is 5.92 Å². The van der Waals surface area contributed by atoms with E-state index < -0.39 is 11.6 Å². The molecule has 0 aliphatic rings. The van der Waals surface area contributed by atoms with Crippen LogP contribution in [0.2, 0.25) is 0 Å². The number of methoxy groups -OCH3 is 1. The minimum atomic E-state index is -0.729. The normalized spacial score (nSPS) is 9.38. The lowest BCUT2D eigenvalue weighted by Gasteiger charge is -2.06. The van der Waals surface area contributed by atoms with E-state index in [0.717, 1.165) is 6.07 Å². The van der Waals surface area contributed by atoms with E-state index in [1.807, 2.05) is 0 Å². The van der Waals surface area contributed by atoms with E-state index in [4.69, 9.17) is 11.2 Å². The Morgan fingerprint density at radius 3 is 2.69 bits per heavy atom. The Morgan fingerprint density at radius 1 is 1.46 bits per heavy atom. The smallest absolute Gasteiger partial charge is 0.168 e. The topological polar surface area (TPSA) is 9.23 Å². The van der Waals surface area contributed by atoms with Crippen molar-refractivity contribution in [1.82, 2.24) is 0 Å². The molecule has 0 N–H and O–H groups in total. The predicted molar refractivity (Wildman–Crippen MR) is 45.4 cm³/mol. The summed E-state index contributed by atoms with van der Waals surface area (Å²) in [7, 11) is 1.32. The van der Waals surface area contributed by atoms with Gasteiger partial charge in [0.1, 0.15) is 5.82 Å². The highest BCUT2D eigenvalue weighted by atomic mass is 19.1. The lowest BCUT2D eigenvalue weighted by atomic mass is 10.1. The van der Waals surface area contributed by atoms with E-state index in [-0.39, 0.29) is 12.2 Å². The Labute approximate surface area is 75.3 Å². The maximum atomic E-state index is 13.0. The summed E-state index contributed by atoms with van der Waals surface area (Å²) in [5.74, 6) is 0.935. The summed E-state index contributed by atoms with van der Waals surface area (Å²) in [4.78, 5) is 0. The number of halogens is 2. The highest BCUT2D eigenvalue weighted by molar-refractivity contribution is 5.37. The Bertz CT molecular complexity index is 353. The molecule has 1 rings (SSSR count). The fraction of sp³-hybridized carbons (Fsp3) is 0.200. The van der Waals surface area contributed by atoms with Gasteiger partial charge in [-0.25, -0.2) is 8.78 Å². The van der Waals surface area contributed by atoms with Crippen LogP contribution < -0.4 is 4.74 Å². The van der Waals surface area contributed by atoms with Crippen LogP contribution >= 0.6 is 0 Å². The van der Waals surface area contributed by atoms with Gasteiger partial charge in [-0.05, 0) is 6.07 Å². The average Bonchev–Trinajstić information content (AvgIpc) is 2.04. The molecule has 0 aliphatic carbocycles. The molecule has 0 heterocycles. The third-order valence-electron chi connectivity index (χ3n) is 1.58. The van der Waals surface area contributed by atoms with Crippen molar-refractivity contribution in [3.63, 3.8) is 0 Å². The Kier molecular flexibility index (Phi) is 2.86. The molecular formula is C10H8F2O. The number of benzene rings is 1. The zero-order chi connectivity index (χ0) is 9.84. The van der Waals surface area contributed by atoms with Crippen LogP contribution in [0, 0.1) is 24.0 Å². The highest BCUT2D eigenvalue weighted by Gasteiger charge is 2.10. The molecule has 0 amide bonds. The maximum Gasteiger partial charge on any atom is 0.168 e. The Balaban J connectivity index is 3.23. The zero-order valence-corrected chi connectivity index (χ0v) is 7.10. The molecule has 0 saturated heterocycles. The maximum absolute atomic E-state index is 13.0. The molecule has 0 radical (unpaired) electrons. The van der Waals surface area contributed by atoms with E-state index >= 15 is 0 Å². The van der Waals surface area contributed by atoms with Gasteiger partial charge in [0.25, 0.3) is 0 Å². The first-order chi connectivity index (χ1) is 6.19. The monoisotopic (exact) mass is 182 g/mol. The standard InChI is InChI=1S/C10H8F2O/c1-3-4-7-5-8(11)6-9(12)10(7)13-2/h1,5-6H,4H2,2H3. The lowest BCUT2D eigenvalue weighted by molar-refractivity contribution is 0.380. The molecule has 13 heavy (non-hydrogen) atoms. The average molecular weight is 182 g/mol. The van der Waals surface area contributed by atoms with E-state index in [1.54, 1.807) is 0 Å². The van der Waals surface area contributed by atoms with Crippen LogP contribution in [0.15, 0.2) is 12.1 Å². The summed E-state index contributed by atoms with van der Waals surface area (Å²) in [5.41, 5.74) is 0.350. The molecule has 0 saturated carbocycles. The lowest BCUT2D eigenvalue weighted by Crippen LogP contribution is -1.96. The van der Waals surface area contributed by atoms with Gasteiger partial charge >= 0.3 is 0 Å². The number of terminal acetylenes is 1. The molecule has 0 fully saturated rings. The molecular weight excluding hydrogens is 174 g/mol. The van der Waals surface area contributed by atoms with Gasteiger partial charge in [0.2, 0.25) is 0 Å². The largest absolute Gasteiger partial charge is 0.493 e. The van der Waals surface area contributed by atoms with Gasteiger partial charge in [-0.1, -0.05) is 0 Å². The van der Waals surface area contributed by atoms with Crippen LogP contribution in [0.5, 0.6) is 5.75 Å². The van der Waals surface area contributed by atoms with Gasteiger partial charge in [0.15, 0.2) is 11.6 Å². The second-order valence-electron chi connectivity index (χ2n) is 2.46. The third-order valence-corrected chi connectivity index (χ3v) is 1.58. The number of hydrogen-bond donors (Lipinski definition) is 0. The molecule has 0 aliphatic heterocycles. The fourth-order valence-electron chi connectivity index (χ4n) is 1.08. The number of rotatable bonds is 2. The first-order valence-electron chi connectivity index (χ1n) is 3.64. The molecule has 0 atom stereocenters. The van der Waals surface area contributed by atoms with Crippen molar-refractivity contribution in [2.24, 2.45) is 0 Å². The zero-order valence-electron chi connectivity index (χ0n) is 7.10. The minimum absolute atomic E-state index is 0.0133. The van der Waals surface area contributed by atoms with Crippen LogP contribution in [0.25, 0.3) is 0 Å². The predicted octanol–water partition coefficient (Wildman–Crippen LogP) is 2.15. The van der Waals surface area contributed by atoms with E-state index in [0.29, 0.717) is 5.56 Å². The summed E-state index contributed by atoms with van der Waals surface area (Å²) in [6.45, 7) is 0. The van der Waals surface area contributed by atoms with Gasteiger partial charge in [0, 0.05) is 18.1 Å². The molecule has 0 spiro atoms. The van der Waals surface area contributed by atoms with Crippen LogP contribution in [-0.4, -0.2) is 7.11 Å². The highest BCUT2D eigenvalue weighted by Crippen LogP contribution is 2.23. The summed E-state index contributed by atoms with van der Waals surface area (Å²) in [6.07, 6.45) is 5.18. The molecule has 0 unspecified atom stereocenters. The minimum Gasteiger partial charge on any atom is -0.493 e. The van der Waals surface area contributed by atoms with Gasteiger partial charge in [0.05, 0.1) is 7.11 Å². The Morgan fingerprint density at radius 2 is 2.15 bits per heavy atom. The molecule has 1 aromatic carbocycles. The fourth-order valence-corrected chi connectivity index (χ4v) is 1.08. The molecule has 1 aromatic rings. The summed E-state index contributed by atoms with van der Waals surface area (Å²) in [6, 6.07) is 1.93. The van der Waals surface area contributed by atoms with Crippen molar-refractivity contribution < 1.29 is 13.5 Å². The number of hydrogen-bond acceptors (Lipinski definition) is 1. The van der Waals surface area contributed by atoms with Crippen LogP contribution in [0.1, 0.15) is 5.56 Å². The summed E-state index contributed by atoms with van der Waals surface area (Å²) >= 11 is 0. The third kappa shape index (κ3) is 1.97. The summed E-state index contributed by atoms with van der Waals surface area (Å²) in [5, 5.41) is 0. The van der Waals surface area contributed by atoms with Crippen LogP contribution in [0.4, 0.5) is 8.78 Å². The van der Waals surface area contributed by atoms with Crippen LogP contribution in [-0.2, 0) is 6.42 Å². The van der Waals surface area contributed by atoms with E-state index in [1.165, 1.54) is 13.2 Å². The van der Waals surface area contributed by atoms with Crippen molar-refractivity contribution in [2.45, 2.75) is 6.42 Å². The van der Waals surface area contributed by atoms with Gasteiger partial charge in [-0.2, -0.15) is 0 Å². The summed E-state index contributed by atoms with van der Waals surface area (Å²) < 4.78 is 30.5.